The molecule has 12 heavy (non-hydrogen) atoms. The molecule has 1 unspecified atom stereocenters. The summed E-state index contributed by atoms with van der Waals surface area (Å²) >= 11 is 1.25. The van der Waals surface area contributed by atoms with Crippen molar-refractivity contribution in [3.63, 3.8) is 0 Å². The van der Waals surface area contributed by atoms with Crippen LogP contribution in [-0.2, 0) is 4.74 Å². The lowest BCUT2D eigenvalue weighted by Crippen LogP contribution is -2.00. The smallest absolute Gasteiger partial charge is 0.104 e. The molecule has 0 saturated carbocycles. The van der Waals surface area contributed by atoms with E-state index in [4.69, 9.17) is 4.74 Å². The van der Waals surface area contributed by atoms with Crippen molar-refractivity contribution >= 4 is 11.5 Å². The second-order valence-electron chi connectivity index (χ2n) is 2.48. The summed E-state index contributed by atoms with van der Waals surface area (Å²) in [5.74, 6) is 0. The van der Waals surface area contributed by atoms with Crippen molar-refractivity contribution in [2.24, 2.45) is 0 Å². The van der Waals surface area contributed by atoms with Gasteiger partial charge in [0.15, 0.2) is 0 Å². The Morgan fingerprint density at radius 2 is 2.58 bits per heavy atom. The molecule has 1 rings (SSSR count). The summed E-state index contributed by atoms with van der Waals surface area (Å²) in [7, 11) is 1.65. The van der Waals surface area contributed by atoms with Gasteiger partial charge < -0.3 is 9.84 Å². The average molecular weight is 188 g/mol. The lowest BCUT2D eigenvalue weighted by molar-refractivity contribution is 0.133. The number of aliphatic hydroxyl groups is 1. The maximum Gasteiger partial charge on any atom is 0.104 e. The normalized spacial score (nSPS) is 13.2. The van der Waals surface area contributed by atoms with Crippen LogP contribution in [0, 0.1) is 0 Å². The van der Waals surface area contributed by atoms with Crippen molar-refractivity contribution in [1.29, 1.82) is 0 Å². The van der Waals surface area contributed by atoms with E-state index in [-0.39, 0.29) is 0 Å². The maximum absolute atomic E-state index is 9.48. The molecule has 0 bridgehead atoms. The largest absolute Gasteiger partial charge is 0.387 e. The van der Waals surface area contributed by atoms with Crippen LogP contribution in [0.15, 0.2) is 5.38 Å². The molecule has 0 amide bonds. The molecule has 0 aromatic carbocycles. The van der Waals surface area contributed by atoms with Crippen LogP contribution in [0.25, 0.3) is 0 Å². The molecule has 0 radical (unpaired) electrons. The summed E-state index contributed by atoms with van der Waals surface area (Å²) in [6.45, 7) is 0.675. The second-order valence-corrected chi connectivity index (χ2v) is 3.09. The standard InChI is InChI=1S/C7H12N2O2S/c1-11-4-2-3-7(10)6-5-12-9-8-6/h5,7,10H,2-4H2,1H3. The third-order valence-electron chi connectivity index (χ3n) is 1.54. The Morgan fingerprint density at radius 3 is 3.17 bits per heavy atom. The van der Waals surface area contributed by atoms with Gasteiger partial charge in [0.05, 0.1) is 6.10 Å². The van der Waals surface area contributed by atoms with Gasteiger partial charge in [-0.2, -0.15) is 0 Å². The van der Waals surface area contributed by atoms with Crippen molar-refractivity contribution in [2.75, 3.05) is 13.7 Å². The Balaban J connectivity index is 2.25. The van der Waals surface area contributed by atoms with Gasteiger partial charge in [-0.05, 0) is 24.4 Å². The average Bonchev–Trinajstić information content (AvgIpc) is 2.56. The van der Waals surface area contributed by atoms with E-state index < -0.39 is 6.10 Å². The van der Waals surface area contributed by atoms with Gasteiger partial charge in [-0.15, -0.1) is 5.10 Å². The molecule has 4 nitrogen and oxygen atoms in total. The molecule has 0 aliphatic carbocycles. The molecule has 0 fully saturated rings. The minimum atomic E-state index is -0.487. The van der Waals surface area contributed by atoms with Crippen LogP contribution >= 0.6 is 11.5 Å². The highest BCUT2D eigenvalue weighted by molar-refractivity contribution is 7.03. The Hall–Kier alpha value is -0.520. The summed E-state index contributed by atoms with van der Waals surface area (Å²) in [4.78, 5) is 0. The first-order valence-corrected chi connectivity index (χ1v) is 4.62. The molecule has 0 saturated heterocycles. The maximum atomic E-state index is 9.48. The van der Waals surface area contributed by atoms with E-state index in [2.05, 4.69) is 9.59 Å². The van der Waals surface area contributed by atoms with Crippen LogP contribution in [0.2, 0.25) is 0 Å². The van der Waals surface area contributed by atoms with E-state index in [1.54, 1.807) is 12.5 Å². The van der Waals surface area contributed by atoms with Gasteiger partial charge in [0.2, 0.25) is 0 Å². The summed E-state index contributed by atoms with van der Waals surface area (Å²) in [5.41, 5.74) is 0.663. The number of nitrogens with zero attached hydrogens (tertiary/aromatic N) is 2. The van der Waals surface area contributed by atoms with Crippen molar-refractivity contribution in [3.8, 4) is 0 Å². The molecular formula is C7H12N2O2S. The Bertz CT molecular complexity index is 203. The Labute approximate surface area is 75.4 Å². The van der Waals surface area contributed by atoms with Crippen molar-refractivity contribution < 1.29 is 9.84 Å². The van der Waals surface area contributed by atoms with Gasteiger partial charge in [0.1, 0.15) is 5.69 Å². The van der Waals surface area contributed by atoms with Crippen LogP contribution in [0.3, 0.4) is 0 Å². The fourth-order valence-electron chi connectivity index (χ4n) is 0.886. The van der Waals surface area contributed by atoms with Gasteiger partial charge in [-0.3, -0.25) is 0 Å². The van der Waals surface area contributed by atoms with E-state index >= 15 is 0 Å². The van der Waals surface area contributed by atoms with Crippen LogP contribution in [0.1, 0.15) is 24.6 Å². The fourth-order valence-corrected chi connectivity index (χ4v) is 1.39. The topological polar surface area (TPSA) is 55.2 Å². The van der Waals surface area contributed by atoms with E-state index in [1.165, 1.54) is 11.5 Å². The first kappa shape index (κ1) is 9.57. The van der Waals surface area contributed by atoms with Crippen molar-refractivity contribution in [2.45, 2.75) is 18.9 Å². The molecule has 1 aromatic rings. The molecule has 68 valence electrons. The molecule has 0 aliphatic heterocycles. The predicted octanol–water partition coefficient (Wildman–Crippen LogP) is 0.998. The first-order valence-electron chi connectivity index (χ1n) is 3.78. The van der Waals surface area contributed by atoms with Gasteiger partial charge in [0.25, 0.3) is 0 Å². The number of aliphatic hydroxyl groups excluding tert-OH is 1. The minimum Gasteiger partial charge on any atom is -0.387 e. The quantitative estimate of drug-likeness (QED) is 0.700. The molecule has 0 spiro atoms. The lowest BCUT2D eigenvalue weighted by Gasteiger charge is -2.05. The van der Waals surface area contributed by atoms with Gasteiger partial charge in [-0.25, -0.2) is 0 Å². The molecule has 0 aliphatic rings. The number of hydrogen-bond donors (Lipinski definition) is 1. The monoisotopic (exact) mass is 188 g/mol. The summed E-state index contributed by atoms with van der Waals surface area (Å²) < 4.78 is 8.54. The number of hydrogen-bond acceptors (Lipinski definition) is 5. The fraction of sp³-hybridized carbons (Fsp3) is 0.714. The van der Waals surface area contributed by atoms with E-state index in [0.717, 1.165) is 6.42 Å². The van der Waals surface area contributed by atoms with Crippen LogP contribution in [0.4, 0.5) is 0 Å². The van der Waals surface area contributed by atoms with E-state index in [0.29, 0.717) is 18.7 Å². The summed E-state index contributed by atoms with van der Waals surface area (Å²) in [5, 5.41) is 15.0. The molecule has 1 atom stereocenters. The third-order valence-corrected chi connectivity index (χ3v) is 2.07. The summed E-state index contributed by atoms with van der Waals surface area (Å²) in [6.07, 6.45) is 1.04. The zero-order valence-electron chi connectivity index (χ0n) is 6.93. The highest BCUT2D eigenvalue weighted by Gasteiger charge is 2.09. The third kappa shape index (κ3) is 2.84. The van der Waals surface area contributed by atoms with Crippen molar-refractivity contribution in [3.05, 3.63) is 11.1 Å². The number of ether oxygens (including phenoxy) is 1. The summed E-state index contributed by atoms with van der Waals surface area (Å²) in [6, 6.07) is 0. The lowest BCUT2D eigenvalue weighted by atomic mass is 10.1. The number of aromatic nitrogens is 2. The molecule has 1 aromatic heterocycles. The van der Waals surface area contributed by atoms with Gasteiger partial charge >= 0.3 is 0 Å². The van der Waals surface area contributed by atoms with Gasteiger partial charge in [-0.1, -0.05) is 4.49 Å². The van der Waals surface area contributed by atoms with Crippen LogP contribution in [-0.4, -0.2) is 28.4 Å². The Kier molecular flexibility index (Phi) is 4.13. The van der Waals surface area contributed by atoms with E-state index in [9.17, 15) is 5.11 Å². The molecule has 1 N–H and O–H groups in total. The Morgan fingerprint density at radius 1 is 1.75 bits per heavy atom. The van der Waals surface area contributed by atoms with E-state index in [1.807, 2.05) is 0 Å². The molecule has 1 heterocycles. The minimum absolute atomic E-state index is 0.487. The second kappa shape index (κ2) is 5.18. The zero-order valence-corrected chi connectivity index (χ0v) is 7.75. The SMILES string of the molecule is COCCCC(O)c1csnn1. The molecular weight excluding hydrogens is 176 g/mol. The van der Waals surface area contributed by atoms with Crippen molar-refractivity contribution in [1.82, 2.24) is 9.59 Å². The first-order chi connectivity index (χ1) is 5.84. The van der Waals surface area contributed by atoms with Crippen LogP contribution in [0.5, 0.6) is 0 Å². The number of methoxy groups -OCH3 is 1. The van der Waals surface area contributed by atoms with Gasteiger partial charge in [0, 0.05) is 19.1 Å². The zero-order chi connectivity index (χ0) is 8.81. The van der Waals surface area contributed by atoms with Crippen LogP contribution < -0.4 is 0 Å². The highest BCUT2D eigenvalue weighted by Crippen LogP contribution is 2.16. The highest BCUT2D eigenvalue weighted by atomic mass is 32.1. The predicted molar refractivity (Wildman–Crippen MR) is 46.0 cm³/mol. The molecule has 5 heteroatoms. The number of rotatable bonds is 5.